The molecule has 0 aliphatic carbocycles. The van der Waals surface area contributed by atoms with Crippen molar-refractivity contribution in [1.82, 2.24) is 19.3 Å². The third-order valence-corrected chi connectivity index (χ3v) is 8.45. The van der Waals surface area contributed by atoms with Crippen LogP contribution in [-0.4, -0.2) is 19.3 Å². The van der Waals surface area contributed by atoms with Crippen LogP contribution in [0.2, 0.25) is 0 Å². The van der Waals surface area contributed by atoms with Crippen LogP contribution in [0.25, 0.3) is 44.4 Å². The van der Waals surface area contributed by atoms with Crippen molar-refractivity contribution in [2.45, 2.75) is 53.9 Å². The zero-order chi connectivity index (χ0) is 31.8. The van der Waals surface area contributed by atoms with Crippen molar-refractivity contribution < 1.29 is 25.2 Å². The maximum atomic E-state index is 6.48. The Morgan fingerprint density at radius 3 is 2.34 bits per heavy atom. The van der Waals surface area contributed by atoms with Crippen LogP contribution in [0.4, 0.5) is 0 Å². The zero-order valence-electron chi connectivity index (χ0n) is 27.4. The Bertz CT molecular complexity index is 2170. The normalized spacial score (nSPS) is 11.6. The van der Waals surface area contributed by atoms with Gasteiger partial charge in [0.15, 0.2) is 0 Å². The van der Waals surface area contributed by atoms with Crippen LogP contribution < -0.4 is 4.74 Å². The Labute approximate surface area is 290 Å². The van der Waals surface area contributed by atoms with E-state index < -0.39 is 0 Å². The van der Waals surface area contributed by atoms with E-state index in [1.165, 1.54) is 16.8 Å². The molecule has 3 heterocycles. The summed E-state index contributed by atoms with van der Waals surface area (Å²) in [6, 6.07) is 40.3. The molecule has 238 valence electrons. The summed E-state index contributed by atoms with van der Waals surface area (Å²) in [5, 5.41) is 7.41. The van der Waals surface area contributed by atoms with E-state index in [9.17, 15) is 0 Å². The first-order chi connectivity index (χ1) is 22.3. The number of para-hydroxylation sites is 1. The number of hydrogen-bond donors (Lipinski definition) is 0. The molecule has 0 radical (unpaired) electrons. The Kier molecular flexibility index (Phi) is 9.19. The summed E-state index contributed by atoms with van der Waals surface area (Å²) < 4.78 is 10.7. The van der Waals surface area contributed by atoms with Crippen molar-refractivity contribution in [3.63, 3.8) is 0 Å². The number of pyridine rings is 1. The largest absolute Gasteiger partial charge is 2.00 e. The second-order valence-corrected chi connectivity index (χ2v) is 13.1. The molecule has 6 heteroatoms. The van der Waals surface area contributed by atoms with Gasteiger partial charge in [-0.15, -0.1) is 35.7 Å². The molecule has 47 heavy (non-hydrogen) atoms. The number of hydrogen-bond acceptors (Lipinski definition) is 3. The molecule has 3 aromatic heterocycles. The van der Waals surface area contributed by atoms with E-state index in [1.54, 1.807) is 0 Å². The van der Waals surface area contributed by atoms with Gasteiger partial charge in [-0.25, -0.2) is 4.98 Å². The van der Waals surface area contributed by atoms with Gasteiger partial charge in [-0.3, -0.25) is 4.68 Å². The van der Waals surface area contributed by atoms with Gasteiger partial charge in [0.1, 0.15) is 5.82 Å². The van der Waals surface area contributed by atoms with Crippen molar-refractivity contribution in [3.05, 3.63) is 132 Å². The minimum Gasteiger partial charge on any atom is -0.509 e. The second kappa shape index (κ2) is 13.3. The Balaban J connectivity index is 0.00000386. The van der Waals surface area contributed by atoms with E-state index in [0.29, 0.717) is 11.5 Å². The SMILES string of the molecule is CCc1nn(-c2[c-]c(Oc3[c-]c4c(cc3)c3ccccc3n4-c3cc(C)ccn3)ccc2)c(CCC(C)(C)C)c1-c1ccccc1.[Pd+2]. The summed E-state index contributed by atoms with van der Waals surface area (Å²) in [6.45, 7) is 11.1. The van der Waals surface area contributed by atoms with Gasteiger partial charge in [0.2, 0.25) is 0 Å². The maximum absolute atomic E-state index is 6.48. The van der Waals surface area contributed by atoms with E-state index in [4.69, 9.17) is 14.8 Å². The average Bonchev–Trinajstić information content (AvgIpc) is 3.59. The summed E-state index contributed by atoms with van der Waals surface area (Å²) in [4.78, 5) is 4.70. The van der Waals surface area contributed by atoms with Crippen LogP contribution in [0.15, 0.2) is 103 Å². The number of benzene rings is 4. The smallest absolute Gasteiger partial charge is 0.509 e. The number of aryl methyl sites for hydroxylation is 2. The monoisotopic (exact) mass is 708 g/mol. The van der Waals surface area contributed by atoms with Crippen molar-refractivity contribution in [1.29, 1.82) is 0 Å². The molecular formula is C41H38N4OPd. The van der Waals surface area contributed by atoms with E-state index in [-0.39, 0.29) is 25.8 Å². The topological polar surface area (TPSA) is 44.9 Å². The summed E-state index contributed by atoms with van der Waals surface area (Å²) >= 11 is 0. The number of rotatable bonds is 8. The van der Waals surface area contributed by atoms with Crippen molar-refractivity contribution >= 4 is 21.8 Å². The number of fused-ring (bicyclic) bond motifs is 3. The third kappa shape index (κ3) is 6.54. The Hall–Kier alpha value is -4.50. The molecule has 0 bridgehead atoms. The van der Waals surface area contributed by atoms with Gasteiger partial charge < -0.3 is 9.30 Å². The Morgan fingerprint density at radius 2 is 1.57 bits per heavy atom. The summed E-state index contributed by atoms with van der Waals surface area (Å²) in [7, 11) is 0. The van der Waals surface area contributed by atoms with Gasteiger partial charge in [-0.1, -0.05) is 81.7 Å². The van der Waals surface area contributed by atoms with Crippen LogP contribution >= 0.6 is 0 Å². The van der Waals surface area contributed by atoms with Crippen LogP contribution in [0.3, 0.4) is 0 Å². The molecule has 0 atom stereocenters. The molecule has 0 spiro atoms. The summed E-state index contributed by atoms with van der Waals surface area (Å²) in [5.74, 6) is 2.09. The van der Waals surface area contributed by atoms with Gasteiger partial charge in [0.25, 0.3) is 0 Å². The second-order valence-electron chi connectivity index (χ2n) is 13.1. The van der Waals surface area contributed by atoms with E-state index in [1.807, 2.05) is 30.5 Å². The molecule has 0 aliphatic heterocycles. The van der Waals surface area contributed by atoms with Gasteiger partial charge in [0, 0.05) is 34.5 Å². The van der Waals surface area contributed by atoms with Gasteiger partial charge in [0.05, 0.1) is 5.69 Å². The van der Waals surface area contributed by atoms with Crippen molar-refractivity contribution in [2.24, 2.45) is 5.41 Å². The molecule has 5 nitrogen and oxygen atoms in total. The third-order valence-electron chi connectivity index (χ3n) is 8.45. The number of aromatic nitrogens is 4. The fourth-order valence-electron chi connectivity index (χ4n) is 6.16. The molecule has 0 unspecified atom stereocenters. The van der Waals surface area contributed by atoms with Gasteiger partial charge in [-0.2, -0.15) is 17.2 Å². The van der Waals surface area contributed by atoms with Crippen LogP contribution in [0.5, 0.6) is 11.5 Å². The fourth-order valence-corrected chi connectivity index (χ4v) is 6.16. The van der Waals surface area contributed by atoms with Crippen LogP contribution in [0, 0.1) is 24.5 Å². The first-order valence-electron chi connectivity index (χ1n) is 16.0. The predicted octanol–water partition coefficient (Wildman–Crippen LogP) is 10.3. The molecule has 7 aromatic rings. The quantitative estimate of drug-likeness (QED) is 0.117. The Morgan fingerprint density at radius 1 is 0.809 bits per heavy atom. The van der Waals surface area contributed by atoms with Gasteiger partial charge >= 0.3 is 20.4 Å². The number of ether oxygens (including phenoxy) is 1. The standard InChI is InChI=1S/C41H38N4O.Pd/c1-6-35-40(29-13-8-7-9-14-29)37(21-23-41(3,4)5)45(43-35)30-15-12-16-31(26-30)46-32-19-20-34-33-17-10-11-18-36(33)44(38(34)27-32)39-25-28(2)22-24-42-39;/h7-20,22,24-25H,6,21,23H2,1-5H3;/q-2;+2. The van der Waals surface area contributed by atoms with Crippen LogP contribution in [-0.2, 0) is 33.3 Å². The minimum atomic E-state index is 0. The summed E-state index contributed by atoms with van der Waals surface area (Å²) in [5.41, 5.74) is 8.92. The van der Waals surface area contributed by atoms with Crippen molar-refractivity contribution in [2.75, 3.05) is 0 Å². The van der Waals surface area contributed by atoms with Gasteiger partial charge in [-0.05, 0) is 72.0 Å². The molecule has 0 saturated heterocycles. The fraction of sp³-hybridized carbons (Fsp3) is 0.220. The maximum Gasteiger partial charge on any atom is 2.00 e. The predicted molar refractivity (Wildman–Crippen MR) is 187 cm³/mol. The van der Waals surface area contributed by atoms with Crippen molar-refractivity contribution in [3.8, 4) is 34.1 Å². The van der Waals surface area contributed by atoms with E-state index in [0.717, 1.165) is 63.8 Å². The number of nitrogens with zero attached hydrogens (tertiary/aromatic N) is 4. The zero-order valence-corrected chi connectivity index (χ0v) is 29.0. The average molecular weight is 709 g/mol. The minimum absolute atomic E-state index is 0. The molecule has 4 aromatic carbocycles. The van der Waals surface area contributed by atoms with E-state index >= 15 is 0 Å². The molecule has 7 rings (SSSR count). The molecule has 0 saturated carbocycles. The molecular weight excluding hydrogens is 671 g/mol. The molecule has 0 N–H and O–H groups in total. The summed E-state index contributed by atoms with van der Waals surface area (Å²) in [6.07, 6.45) is 4.64. The van der Waals surface area contributed by atoms with E-state index in [2.05, 4.69) is 129 Å². The molecule has 0 aliphatic rings. The molecule has 0 fully saturated rings. The first kappa shape index (κ1) is 32.4. The molecule has 0 amide bonds. The first-order valence-corrected chi connectivity index (χ1v) is 16.0. The van der Waals surface area contributed by atoms with Crippen LogP contribution in [0.1, 0.15) is 51.1 Å².